The van der Waals surface area contributed by atoms with Gasteiger partial charge in [-0.15, -0.1) is 0 Å². The number of hydrogen-bond acceptors (Lipinski definition) is 4. The molecule has 0 bridgehead atoms. The Kier molecular flexibility index (Phi) is 5.83. The van der Waals surface area contributed by atoms with Crippen molar-refractivity contribution in [3.63, 3.8) is 0 Å². The van der Waals surface area contributed by atoms with Crippen LogP contribution in [0.2, 0.25) is 0 Å². The van der Waals surface area contributed by atoms with E-state index < -0.39 is 11.8 Å². The van der Waals surface area contributed by atoms with Gasteiger partial charge in [0.1, 0.15) is 5.57 Å². The summed E-state index contributed by atoms with van der Waals surface area (Å²) in [7, 11) is 2.08. The number of hydrogen-bond donors (Lipinski definition) is 1. The van der Waals surface area contributed by atoms with Crippen LogP contribution in [-0.2, 0) is 9.59 Å². The summed E-state index contributed by atoms with van der Waals surface area (Å²) in [4.78, 5) is 29.9. The summed E-state index contributed by atoms with van der Waals surface area (Å²) in [5.74, 6) is -0.921. The van der Waals surface area contributed by atoms with E-state index in [1.807, 2.05) is 32.0 Å². The highest BCUT2D eigenvalue weighted by atomic mass is 79.9. The number of nitrogens with zero attached hydrogens (tertiary/aromatic N) is 2. The first-order valence-electron chi connectivity index (χ1n) is 10.7. The quantitative estimate of drug-likeness (QED) is 0.319. The van der Waals surface area contributed by atoms with Crippen LogP contribution in [0.4, 0.5) is 11.4 Å². The van der Waals surface area contributed by atoms with Gasteiger partial charge in [-0.2, -0.15) is 0 Å². The van der Waals surface area contributed by atoms with E-state index in [1.165, 1.54) is 10.5 Å². The zero-order chi connectivity index (χ0) is 24.2. The van der Waals surface area contributed by atoms with Crippen LogP contribution in [0.5, 0.6) is 0 Å². The van der Waals surface area contributed by atoms with Gasteiger partial charge < -0.3 is 4.90 Å². The highest BCUT2D eigenvalue weighted by molar-refractivity contribution is 9.10. The average Bonchev–Trinajstić information content (AvgIpc) is 2.71. The van der Waals surface area contributed by atoms with Gasteiger partial charge >= 0.3 is 0 Å². The highest BCUT2D eigenvalue weighted by Crippen LogP contribution is 2.39. The first-order valence-corrected chi connectivity index (χ1v) is 11.9. The molecule has 4 rings (SSSR count). The number of fused-ring (bicyclic) bond motifs is 1. The molecule has 0 radical (unpaired) electrons. The third-order valence-electron chi connectivity index (χ3n) is 6.41. The Morgan fingerprint density at radius 3 is 2.39 bits per heavy atom. The first-order chi connectivity index (χ1) is 15.4. The largest absolute Gasteiger partial charge is 0.365 e. The van der Waals surface area contributed by atoms with Crippen LogP contribution < -0.4 is 15.1 Å². The molecular weight excluding hydrogens is 498 g/mol. The van der Waals surface area contributed by atoms with Crippen LogP contribution >= 0.6 is 28.1 Å². The maximum absolute atomic E-state index is 13.5. The minimum Gasteiger partial charge on any atom is -0.365 e. The lowest BCUT2D eigenvalue weighted by Crippen LogP contribution is -2.54. The number of aryl methyl sites for hydroxylation is 2. The lowest BCUT2D eigenvalue weighted by Gasteiger charge is -2.41. The molecule has 2 heterocycles. The third-order valence-corrected chi connectivity index (χ3v) is 7.18. The normalized spacial score (nSPS) is 18.9. The Bertz CT molecular complexity index is 1290. The molecule has 33 heavy (non-hydrogen) atoms. The van der Waals surface area contributed by atoms with Crippen LogP contribution in [-0.4, -0.2) is 29.5 Å². The van der Waals surface area contributed by atoms with E-state index in [4.69, 9.17) is 12.2 Å². The molecule has 7 heteroatoms. The predicted molar refractivity (Wildman–Crippen MR) is 142 cm³/mol. The maximum atomic E-state index is 13.5. The second kappa shape index (κ2) is 8.22. The van der Waals surface area contributed by atoms with Gasteiger partial charge in [0.05, 0.1) is 11.2 Å². The smallest absolute Gasteiger partial charge is 0.270 e. The van der Waals surface area contributed by atoms with Crippen molar-refractivity contribution in [2.45, 2.75) is 40.2 Å². The number of nitrogens with one attached hydrogen (secondary N) is 1. The molecule has 0 unspecified atom stereocenters. The molecule has 170 valence electrons. The first kappa shape index (κ1) is 23.4. The van der Waals surface area contributed by atoms with Crippen LogP contribution in [0.3, 0.4) is 0 Å². The summed E-state index contributed by atoms with van der Waals surface area (Å²) in [6, 6.07) is 9.74. The van der Waals surface area contributed by atoms with E-state index in [0.29, 0.717) is 5.69 Å². The van der Waals surface area contributed by atoms with Crippen molar-refractivity contribution in [1.82, 2.24) is 5.32 Å². The summed E-state index contributed by atoms with van der Waals surface area (Å²) in [6.07, 6.45) is 3.90. The van der Waals surface area contributed by atoms with Gasteiger partial charge in [0, 0.05) is 22.8 Å². The standard InChI is InChI=1S/C26H26BrN3O2S/c1-14-10-22-19(16(3)13-26(4,5)29(22)6)11-17(14)12-20-23(31)28-25(33)30(24(20)32)21-8-7-18(27)9-15(21)2/h7-13H,1-6H3,(H,28,31,33)/b20-12-. The molecule has 0 aromatic heterocycles. The molecule has 2 aliphatic heterocycles. The average molecular weight is 524 g/mol. The molecule has 0 aliphatic carbocycles. The molecule has 2 aromatic carbocycles. The van der Waals surface area contributed by atoms with E-state index >= 15 is 0 Å². The Labute approximate surface area is 208 Å². The van der Waals surface area contributed by atoms with Crippen molar-refractivity contribution in [3.05, 3.63) is 68.7 Å². The van der Waals surface area contributed by atoms with Gasteiger partial charge in [-0.25, -0.2) is 0 Å². The van der Waals surface area contributed by atoms with Crippen LogP contribution in [0.25, 0.3) is 11.6 Å². The zero-order valence-electron chi connectivity index (χ0n) is 19.5. The van der Waals surface area contributed by atoms with Crippen molar-refractivity contribution in [3.8, 4) is 0 Å². The van der Waals surface area contributed by atoms with Crippen molar-refractivity contribution >= 4 is 68.1 Å². The summed E-state index contributed by atoms with van der Waals surface area (Å²) < 4.78 is 0.903. The lowest BCUT2D eigenvalue weighted by atomic mass is 9.87. The maximum Gasteiger partial charge on any atom is 0.270 e. The zero-order valence-corrected chi connectivity index (χ0v) is 21.9. The second-order valence-corrected chi connectivity index (χ2v) is 10.5. The third kappa shape index (κ3) is 4.04. The molecule has 5 nitrogen and oxygen atoms in total. The number of amides is 2. The summed E-state index contributed by atoms with van der Waals surface area (Å²) in [5.41, 5.74) is 6.67. The molecule has 1 saturated heterocycles. The van der Waals surface area contributed by atoms with Crippen molar-refractivity contribution in [2.75, 3.05) is 16.8 Å². The van der Waals surface area contributed by atoms with E-state index in [0.717, 1.165) is 32.4 Å². The molecule has 1 fully saturated rings. The summed E-state index contributed by atoms with van der Waals surface area (Å²) >= 11 is 8.79. The van der Waals surface area contributed by atoms with Gasteiger partial charge in [-0.3, -0.25) is 19.8 Å². The number of carbonyl (C=O) groups is 2. The Balaban J connectivity index is 1.80. The van der Waals surface area contributed by atoms with Crippen LogP contribution in [0, 0.1) is 13.8 Å². The molecule has 2 aromatic rings. The monoisotopic (exact) mass is 523 g/mol. The van der Waals surface area contributed by atoms with Crippen molar-refractivity contribution < 1.29 is 9.59 Å². The highest BCUT2D eigenvalue weighted by Gasteiger charge is 2.35. The van der Waals surface area contributed by atoms with E-state index in [1.54, 1.807) is 6.08 Å². The van der Waals surface area contributed by atoms with Crippen molar-refractivity contribution in [2.24, 2.45) is 0 Å². The Morgan fingerprint density at radius 2 is 1.73 bits per heavy atom. The Morgan fingerprint density at radius 1 is 1.03 bits per heavy atom. The topological polar surface area (TPSA) is 52.7 Å². The number of likely N-dealkylation sites (N-methyl/N-ethyl adjacent to an activating group) is 1. The van der Waals surface area contributed by atoms with Crippen LogP contribution in [0.15, 0.2) is 46.5 Å². The predicted octanol–water partition coefficient (Wildman–Crippen LogP) is 5.53. The molecule has 0 atom stereocenters. The number of rotatable bonds is 2. The molecule has 1 N–H and O–H groups in total. The number of allylic oxidation sites excluding steroid dienone is 1. The molecular formula is C26H26BrN3O2S. The molecule has 2 aliphatic rings. The Hall–Kier alpha value is -2.77. The van der Waals surface area contributed by atoms with E-state index in [-0.39, 0.29) is 16.2 Å². The molecule has 2 amide bonds. The van der Waals surface area contributed by atoms with Gasteiger partial charge in [-0.1, -0.05) is 22.0 Å². The van der Waals surface area contributed by atoms with Gasteiger partial charge in [0.2, 0.25) is 0 Å². The van der Waals surface area contributed by atoms with E-state index in [2.05, 4.69) is 72.2 Å². The number of thiocarbonyl (C=S) groups is 1. The van der Waals surface area contributed by atoms with Gasteiger partial charge in [0.25, 0.3) is 11.8 Å². The number of carbonyl (C=O) groups excluding carboxylic acids is 2. The van der Waals surface area contributed by atoms with Crippen molar-refractivity contribution in [1.29, 1.82) is 0 Å². The molecule has 0 spiro atoms. The minimum absolute atomic E-state index is 0.0556. The summed E-state index contributed by atoms with van der Waals surface area (Å²) in [6.45, 7) is 10.3. The second-order valence-electron chi connectivity index (χ2n) is 9.15. The number of halogens is 1. The number of benzene rings is 2. The SMILES string of the molecule is CC1=CC(C)(C)N(C)c2cc(C)c(/C=C3/C(=O)NC(=S)N(c4ccc(Br)cc4C)C3=O)cc21. The summed E-state index contributed by atoms with van der Waals surface area (Å²) in [5, 5.41) is 2.76. The van der Waals surface area contributed by atoms with E-state index in [9.17, 15) is 9.59 Å². The molecule has 0 saturated carbocycles. The number of anilines is 2. The fraction of sp³-hybridized carbons (Fsp3) is 0.269. The fourth-order valence-corrected chi connectivity index (χ4v) is 5.12. The fourth-order valence-electron chi connectivity index (χ4n) is 4.37. The lowest BCUT2D eigenvalue weighted by molar-refractivity contribution is -0.122. The van der Waals surface area contributed by atoms with Crippen LogP contribution in [0.1, 0.15) is 43.0 Å². The minimum atomic E-state index is -0.487. The van der Waals surface area contributed by atoms with Gasteiger partial charge in [0.15, 0.2) is 5.11 Å². The van der Waals surface area contributed by atoms with Gasteiger partial charge in [-0.05, 0) is 106 Å².